The molecule has 6 heteroatoms. The number of benzene rings is 3. The molecular formula is C24H21N3O2S. The monoisotopic (exact) mass is 415 g/mol. The SMILES string of the molecule is Cc1ccccc1OCc1nn(C2c3ccccc3Oc3ccccc32)c(=S)n1C. The van der Waals surface area contributed by atoms with Crippen LogP contribution in [0.15, 0.2) is 72.8 Å². The molecule has 0 spiro atoms. The van der Waals surface area contributed by atoms with Crippen LogP contribution < -0.4 is 9.47 Å². The molecule has 5 nitrogen and oxygen atoms in total. The maximum Gasteiger partial charge on any atom is 0.198 e. The van der Waals surface area contributed by atoms with E-state index >= 15 is 0 Å². The van der Waals surface area contributed by atoms with Crippen molar-refractivity contribution in [2.45, 2.75) is 19.6 Å². The Kier molecular flexibility index (Phi) is 4.64. The highest BCUT2D eigenvalue weighted by Crippen LogP contribution is 2.44. The number of hydrogen-bond donors (Lipinski definition) is 0. The van der Waals surface area contributed by atoms with Gasteiger partial charge in [0.05, 0.1) is 0 Å². The predicted octanol–water partition coefficient (Wildman–Crippen LogP) is 5.58. The van der Waals surface area contributed by atoms with Gasteiger partial charge in [0.25, 0.3) is 0 Å². The number of fused-ring (bicyclic) bond motifs is 2. The van der Waals surface area contributed by atoms with Crippen molar-refractivity contribution in [3.63, 3.8) is 0 Å². The van der Waals surface area contributed by atoms with Crippen LogP contribution in [0, 0.1) is 11.7 Å². The molecule has 0 radical (unpaired) electrons. The number of nitrogens with zero attached hydrogens (tertiary/aromatic N) is 3. The van der Waals surface area contributed by atoms with Gasteiger partial charge in [0.1, 0.15) is 29.9 Å². The zero-order chi connectivity index (χ0) is 20.7. The fourth-order valence-electron chi connectivity index (χ4n) is 3.80. The summed E-state index contributed by atoms with van der Waals surface area (Å²) in [6.45, 7) is 2.37. The van der Waals surface area contributed by atoms with Gasteiger partial charge < -0.3 is 14.0 Å². The van der Waals surface area contributed by atoms with E-state index in [9.17, 15) is 0 Å². The van der Waals surface area contributed by atoms with E-state index < -0.39 is 0 Å². The molecule has 0 bridgehead atoms. The highest BCUT2D eigenvalue weighted by molar-refractivity contribution is 7.71. The van der Waals surface area contributed by atoms with Crippen molar-refractivity contribution >= 4 is 12.2 Å². The van der Waals surface area contributed by atoms with Crippen LogP contribution in [0.5, 0.6) is 17.2 Å². The van der Waals surface area contributed by atoms with E-state index in [0.717, 1.165) is 39.8 Å². The minimum Gasteiger partial charge on any atom is -0.485 e. The van der Waals surface area contributed by atoms with Crippen molar-refractivity contribution in [1.29, 1.82) is 0 Å². The van der Waals surface area contributed by atoms with Crippen LogP contribution in [0.1, 0.15) is 28.6 Å². The molecule has 0 saturated carbocycles. The van der Waals surface area contributed by atoms with Crippen molar-refractivity contribution in [3.8, 4) is 17.2 Å². The normalized spacial score (nSPS) is 12.7. The van der Waals surface area contributed by atoms with Crippen LogP contribution in [0.25, 0.3) is 0 Å². The summed E-state index contributed by atoms with van der Waals surface area (Å²) in [4.78, 5) is 0. The van der Waals surface area contributed by atoms with Crippen LogP contribution in [0.4, 0.5) is 0 Å². The first kappa shape index (κ1) is 18.6. The summed E-state index contributed by atoms with van der Waals surface area (Å²) in [7, 11) is 1.93. The van der Waals surface area contributed by atoms with Gasteiger partial charge in [-0.2, -0.15) is 5.10 Å². The van der Waals surface area contributed by atoms with Gasteiger partial charge in [-0.1, -0.05) is 54.6 Å². The second-order valence-electron chi connectivity index (χ2n) is 7.34. The third-order valence-electron chi connectivity index (χ3n) is 5.44. The standard InChI is InChI=1S/C24H21N3O2S/c1-16-9-3-6-12-19(16)28-15-22-25-27(24(30)26(22)2)23-17-10-4-7-13-20(17)29-21-14-8-5-11-18(21)23/h3-14,23H,15H2,1-2H3. The quantitative estimate of drug-likeness (QED) is 0.359. The van der Waals surface area contributed by atoms with Gasteiger partial charge in [0, 0.05) is 18.2 Å². The lowest BCUT2D eigenvalue weighted by molar-refractivity contribution is 0.288. The molecule has 0 saturated heterocycles. The number of hydrogen-bond acceptors (Lipinski definition) is 4. The molecule has 1 aromatic heterocycles. The molecule has 3 aromatic carbocycles. The number of aryl methyl sites for hydroxylation is 1. The Morgan fingerprint density at radius 3 is 2.20 bits per heavy atom. The first-order valence-corrected chi connectivity index (χ1v) is 10.2. The highest BCUT2D eigenvalue weighted by atomic mass is 32.1. The van der Waals surface area contributed by atoms with Gasteiger partial charge >= 0.3 is 0 Å². The van der Waals surface area contributed by atoms with E-state index in [1.807, 2.05) is 83.9 Å². The summed E-state index contributed by atoms with van der Waals surface area (Å²) in [6, 6.07) is 23.9. The molecule has 150 valence electrons. The summed E-state index contributed by atoms with van der Waals surface area (Å²) in [5, 5.41) is 4.87. The molecular weight excluding hydrogens is 394 g/mol. The Labute approximate surface area is 180 Å². The Balaban J connectivity index is 1.56. The summed E-state index contributed by atoms with van der Waals surface area (Å²) in [6.07, 6.45) is 0. The largest absolute Gasteiger partial charge is 0.485 e. The van der Waals surface area contributed by atoms with Crippen molar-refractivity contribution in [1.82, 2.24) is 14.3 Å². The minimum atomic E-state index is -0.155. The number of para-hydroxylation sites is 3. The fraction of sp³-hybridized carbons (Fsp3) is 0.167. The first-order valence-electron chi connectivity index (χ1n) is 9.82. The van der Waals surface area contributed by atoms with Gasteiger partial charge in [-0.05, 0) is 42.9 Å². The summed E-state index contributed by atoms with van der Waals surface area (Å²) >= 11 is 5.78. The van der Waals surface area contributed by atoms with Crippen LogP contribution >= 0.6 is 12.2 Å². The lowest BCUT2D eigenvalue weighted by Gasteiger charge is -2.28. The molecule has 0 fully saturated rings. The van der Waals surface area contributed by atoms with Crippen LogP contribution in [-0.4, -0.2) is 14.3 Å². The van der Waals surface area contributed by atoms with Crippen molar-refractivity contribution in [2.75, 3.05) is 0 Å². The van der Waals surface area contributed by atoms with E-state index in [4.69, 9.17) is 26.8 Å². The average molecular weight is 416 g/mol. The second-order valence-corrected chi connectivity index (χ2v) is 7.70. The fourth-order valence-corrected chi connectivity index (χ4v) is 4.05. The zero-order valence-electron chi connectivity index (χ0n) is 16.8. The summed E-state index contributed by atoms with van der Waals surface area (Å²) in [5.74, 6) is 3.27. The first-order chi connectivity index (χ1) is 14.6. The van der Waals surface area contributed by atoms with Gasteiger partial charge in [-0.25, -0.2) is 4.68 Å². The zero-order valence-corrected chi connectivity index (χ0v) is 17.6. The van der Waals surface area contributed by atoms with E-state index in [1.54, 1.807) is 0 Å². The Hall–Kier alpha value is -3.38. The molecule has 0 atom stereocenters. The molecule has 0 aliphatic carbocycles. The molecule has 1 aliphatic heterocycles. The molecule has 5 rings (SSSR count). The van der Waals surface area contributed by atoms with E-state index in [-0.39, 0.29) is 6.04 Å². The topological polar surface area (TPSA) is 41.2 Å². The van der Waals surface area contributed by atoms with Crippen molar-refractivity contribution < 1.29 is 9.47 Å². The van der Waals surface area contributed by atoms with E-state index in [0.29, 0.717) is 11.4 Å². The second kappa shape index (κ2) is 7.46. The van der Waals surface area contributed by atoms with Crippen molar-refractivity contribution in [2.24, 2.45) is 7.05 Å². The maximum absolute atomic E-state index is 6.12. The number of ether oxygens (including phenoxy) is 2. The molecule has 2 heterocycles. The van der Waals surface area contributed by atoms with Gasteiger partial charge in [0.2, 0.25) is 0 Å². The lowest BCUT2D eigenvalue weighted by Crippen LogP contribution is -2.19. The van der Waals surface area contributed by atoms with Crippen molar-refractivity contribution in [3.05, 3.63) is 100 Å². The predicted molar refractivity (Wildman–Crippen MR) is 118 cm³/mol. The Morgan fingerprint density at radius 1 is 0.933 bits per heavy atom. The number of rotatable bonds is 4. The number of aromatic nitrogens is 3. The highest BCUT2D eigenvalue weighted by Gasteiger charge is 2.30. The van der Waals surface area contributed by atoms with Crippen LogP contribution in [-0.2, 0) is 13.7 Å². The smallest absolute Gasteiger partial charge is 0.198 e. The third kappa shape index (κ3) is 3.09. The summed E-state index contributed by atoms with van der Waals surface area (Å²) in [5.41, 5.74) is 3.17. The average Bonchev–Trinajstić information content (AvgIpc) is 3.05. The molecule has 0 amide bonds. The third-order valence-corrected chi connectivity index (χ3v) is 5.90. The van der Waals surface area contributed by atoms with Gasteiger partial charge in [-0.3, -0.25) is 0 Å². The minimum absolute atomic E-state index is 0.155. The van der Waals surface area contributed by atoms with Crippen LogP contribution in [0.3, 0.4) is 0 Å². The molecule has 1 aliphatic rings. The van der Waals surface area contributed by atoms with Gasteiger partial charge in [-0.15, -0.1) is 0 Å². The maximum atomic E-state index is 6.12. The Morgan fingerprint density at radius 2 is 1.53 bits per heavy atom. The van der Waals surface area contributed by atoms with E-state index in [2.05, 4.69) is 12.1 Å². The van der Waals surface area contributed by atoms with E-state index in [1.165, 1.54) is 0 Å². The summed E-state index contributed by atoms with van der Waals surface area (Å²) < 4.78 is 16.6. The van der Waals surface area contributed by atoms with Crippen LogP contribution in [0.2, 0.25) is 0 Å². The Bertz CT molecular complexity index is 1250. The van der Waals surface area contributed by atoms with Gasteiger partial charge in [0.15, 0.2) is 10.6 Å². The lowest BCUT2D eigenvalue weighted by atomic mass is 9.95. The molecule has 0 unspecified atom stereocenters. The molecule has 0 N–H and O–H groups in total. The molecule has 4 aromatic rings. The molecule has 30 heavy (non-hydrogen) atoms.